The molecule has 54 valence electrons. The molecule has 0 aliphatic heterocycles. The Balaban J connectivity index is 2.20. The summed E-state index contributed by atoms with van der Waals surface area (Å²) >= 11 is 0. The summed E-state index contributed by atoms with van der Waals surface area (Å²) < 4.78 is 1.97. The predicted molar refractivity (Wildman–Crippen MR) is 37.6 cm³/mol. The molecule has 10 heavy (non-hydrogen) atoms. The van der Waals surface area contributed by atoms with Crippen LogP contribution in [0.4, 0.5) is 0 Å². The van der Waals surface area contributed by atoms with Gasteiger partial charge in [-0.05, 0) is 19.3 Å². The Hall–Kier alpha value is -0.860. The predicted octanol–water partition coefficient (Wildman–Crippen LogP) is 1.17. The van der Waals surface area contributed by atoms with Gasteiger partial charge < -0.3 is 0 Å². The normalized spacial score (nSPS) is 30.6. The summed E-state index contributed by atoms with van der Waals surface area (Å²) in [4.78, 5) is 0. The van der Waals surface area contributed by atoms with Crippen molar-refractivity contribution in [1.29, 1.82) is 0 Å². The summed E-state index contributed by atoms with van der Waals surface area (Å²) in [7, 11) is 0. The smallest absolute Gasteiger partial charge is 0.0796 e. The lowest BCUT2D eigenvalue weighted by atomic mass is 10.5. The molecule has 0 bridgehead atoms. The van der Waals surface area contributed by atoms with Crippen molar-refractivity contribution in [3.63, 3.8) is 0 Å². The van der Waals surface area contributed by atoms with Crippen LogP contribution in [0.3, 0.4) is 0 Å². The van der Waals surface area contributed by atoms with Gasteiger partial charge >= 0.3 is 0 Å². The van der Waals surface area contributed by atoms with E-state index in [0.717, 1.165) is 11.6 Å². The van der Waals surface area contributed by atoms with Crippen LogP contribution in [0.1, 0.15) is 25.1 Å². The van der Waals surface area contributed by atoms with Crippen molar-refractivity contribution in [2.75, 3.05) is 0 Å². The molecule has 0 saturated heterocycles. The van der Waals surface area contributed by atoms with Crippen molar-refractivity contribution in [2.45, 2.75) is 26.3 Å². The van der Waals surface area contributed by atoms with Crippen LogP contribution >= 0.6 is 0 Å². The van der Waals surface area contributed by atoms with Crippen molar-refractivity contribution >= 4 is 0 Å². The first-order valence-electron chi connectivity index (χ1n) is 3.66. The molecule has 1 aliphatic carbocycles. The Bertz CT molecular complexity index is 241. The zero-order valence-electron chi connectivity index (χ0n) is 6.28. The average Bonchev–Trinajstić information content (AvgIpc) is 2.42. The Labute approximate surface area is 60.0 Å². The highest BCUT2D eigenvalue weighted by atomic mass is 15.4. The first kappa shape index (κ1) is 5.89. The van der Waals surface area contributed by atoms with Crippen LogP contribution in [0.2, 0.25) is 0 Å². The molecule has 1 fully saturated rings. The third-order valence-corrected chi connectivity index (χ3v) is 2.03. The zero-order valence-corrected chi connectivity index (χ0v) is 6.28. The van der Waals surface area contributed by atoms with Crippen LogP contribution in [0.15, 0.2) is 6.20 Å². The highest BCUT2D eigenvalue weighted by Crippen LogP contribution is 2.41. The van der Waals surface area contributed by atoms with E-state index in [-0.39, 0.29) is 0 Å². The van der Waals surface area contributed by atoms with Crippen molar-refractivity contribution in [3.05, 3.63) is 11.9 Å². The van der Waals surface area contributed by atoms with E-state index in [9.17, 15) is 0 Å². The molecule has 1 aliphatic rings. The third kappa shape index (κ3) is 0.818. The van der Waals surface area contributed by atoms with Gasteiger partial charge in [0.2, 0.25) is 0 Å². The van der Waals surface area contributed by atoms with E-state index >= 15 is 0 Å². The van der Waals surface area contributed by atoms with Crippen LogP contribution in [-0.2, 0) is 0 Å². The summed E-state index contributed by atoms with van der Waals surface area (Å²) in [5.74, 6) is 0.807. The first-order chi connectivity index (χ1) is 4.77. The van der Waals surface area contributed by atoms with Gasteiger partial charge in [-0.2, -0.15) is 0 Å². The van der Waals surface area contributed by atoms with E-state index in [1.54, 1.807) is 0 Å². The van der Waals surface area contributed by atoms with Gasteiger partial charge in [-0.15, -0.1) is 5.10 Å². The minimum absolute atomic E-state index is 0.640. The molecule has 0 radical (unpaired) electrons. The SMILES string of the molecule is Cc1cn(C2CC2C)nn1. The summed E-state index contributed by atoms with van der Waals surface area (Å²) in [5, 5.41) is 7.92. The molecule has 2 atom stereocenters. The van der Waals surface area contributed by atoms with Crippen LogP contribution < -0.4 is 0 Å². The van der Waals surface area contributed by atoms with Crippen molar-refractivity contribution in [1.82, 2.24) is 15.0 Å². The van der Waals surface area contributed by atoms with Gasteiger partial charge in [-0.1, -0.05) is 12.1 Å². The second-order valence-corrected chi connectivity index (χ2v) is 3.12. The molecule has 2 unspecified atom stereocenters. The fourth-order valence-electron chi connectivity index (χ4n) is 1.20. The van der Waals surface area contributed by atoms with E-state index in [1.165, 1.54) is 6.42 Å². The molecular formula is C7H11N3. The Morgan fingerprint density at radius 1 is 1.70 bits per heavy atom. The number of aromatic nitrogens is 3. The van der Waals surface area contributed by atoms with E-state index in [0.29, 0.717) is 6.04 Å². The van der Waals surface area contributed by atoms with Crippen molar-refractivity contribution in [2.24, 2.45) is 5.92 Å². The molecule has 2 rings (SSSR count). The van der Waals surface area contributed by atoms with Gasteiger partial charge in [0.15, 0.2) is 0 Å². The lowest BCUT2D eigenvalue weighted by Gasteiger charge is -1.92. The van der Waals surface area contributed by atoms with Gasteiger partial charge in [0.05, 0.1) is 11.7 Å². The zero-order chi connectivity index (χ0) is 7.14. The van der Waals surface area contributed by atoms with Gasteiger partial charge in [-0.25, -0.2) is 4.68 Å². The number of rotatable bonds is 1. The molecule has 1 aromatic rings. The van der Waals surface area contributed by atoms with Crippen LogP contribution in [-0.4, -0.2) is 15.0 Å². The average molecular weight is 137 g/mol. The minimum atomic E-state index is 0.640. The number of nitrogens with zero attached hydrogens (tertiary/aromatic N) is 3. The standard InChI is InChI=1S/C7H11N3/c1-5-3-7(5)10-4-6(2)8-9-10/h4-5,7H,3H2,1-2H3. The summed E-state index contributed by atoms with van der Waals surface area (Å²) in [6.07, 6.45) is 3.27. The lowest BCUT2D eigenvalue weighted by Crippen LogP contribution is -1.95. The number of hydrogen-bond donors (Lipinski definition) is 0. The highest BCUT2D eigenvalue weighted by Gasteiger charge is 2.35. The molecule has 0 spiro atoms. The lowest BCUT2D eigenvalue weighted by molar-refractivity contribution is 0.579. The van der Waals surface area contributed by atoms with Gasteiger partial charge in [0.1, 0.15) is 0 Å². The fraction of sp³-hybridized carbons (Fsp3) is 0.714. The van der Waals surface area contributed by atoms with E-state index < -0.39 is 0 Å². The molecule has 1 aromatic heterocycles. The first-order valence-corrected chi connectivity index (χ1v) is 3.66. The summed E-state index contributed by atoms with van der Waals surface area (Å²) in [6.45, 7) is 4.21. The Kier molecular flexibility index (Phi) is 1.07. The Morgan fingerprint density at radius 2 is 2.40 bits per heavy atom. The molecule has 1 heterocycles. The third-order valence-electron chi connectivity index (χ3n) is 2.03. The second kappa shape index (κ2) is 1.81. The number of hydrogen-bond acceptors (Lipinski definition) is 2. The van der Waals surface area contributed by atoms with E-state index in [4.69, 9.17) is 0 Å². The minimum Gasteiger partial charge on any atom is -0.249 e. The van der Waals surface area contributed by atoms with Gasteiger partial charge in [0.25, 0.3) is 0 Å². The maximum absolute atomic E-state index is 3.99. The molecule has 1 saturated carbocycles. The molecule has 0 N–H and O–H groups in total. The quantitative estimate of drug-likeness (QED) is 0.581. The second-order valence-electron chi connectivity index (χ2n) is 3.12. The monoisotopic (exact) mass is 137 g/mol. The maximum atomic E-state index is 3.99. The van der Waals surface area contributed by atoms with Crippen molar-refractivity contribution < 1.29 is 0 Å². The van der Waals surface area contributed by atoms with E-state index in [1.807, 2.05) is 17.8 Å². The molecule has 3 nitrogen and oxygen atoms in total. The van der Waals surface area contributed by atoms with Crippen LogP contribution in [0.25, 0.3) is 0 Å². The topological polar surface area (TPSA) is 30.7 Å². The molecule has 0 amide bonds. The van der Waals surface area contributed by atoms with Crippen LogP contribution in [0, 0.1) is 12.8 Å². The highest BCUT2D eigenvalue weighted by molar-refractivity contribution is 4.94. The summed E-state index contributed by atoms with van der Waals surface area (Å²) in [5.41, 5.74) is 1.01. The maximum Gasteiger partial charge on any atom is 0.0796 e. The molecule has 0 aromatic carbocycles. The van der Waals surface area contributed by atoms with Gasteiger partial charge in [0, 0.05) is 6.20 Å². The Morgan fingerprint density at radius 3 is 2.80 bits per heavy atom. The van der Waals surface area contributed by atoms with E-state index in [2.05, 4.69) is 17.2 Å². The number of aryl methyl sites for hydroxylation is 1. The largest absolute Gasteiger partial charge is 0.249 e. The molecule has 3 heteroatoms. The fourth-order valence-corrected chi connectivity index (χ4v) is 1.20. The van der Waals surface area contributed by atoms with Crippen LogP contribution in [0.5, 0.6) is 0 Å². The summed E-state index contributed by atoms with van der Waals surface area (Å²) in [6, 6.07) is 0.640. The van der Waals surface area contributed by atoms with Gasteiger partial charge in [-0.3, -0.25) is 0 Å². The molecular weight excluding hydrogens is 126 g/mol. The van der Waals surface area contributed by atoms with Crippen molar-refractivity contribution in [3.8, 4) is 0 Å².